The fraction of sp³-hybridized carbons (Fsp3) is 0.375. The van der Waals surface area contributed by atoms with Crippen LogP contribution in [-0.2, 0) is 0 Å². The highest BCUT2D eigenvalue weighted by Crippen LogP contribution is 2.27. The third kappa shape index (κ3) is 6.76. The van der Waals surface area contributed by atoms with E-state index in [0.717, 1.165) is 48.7 Å². The van der Waals surface area contributed by atoms with Gasteiger partial charge in [0.25, 0.3) is 5.91 Å². The highest BCUT2D eigenvalue weighted by atomic mass is 35.5. The molecular weight excluding hydrogens is 464 g/mol. The fourth-order valence-electron chi connectivity index (χ4n) is 3.73. The first-order valence-electron chi connectivity index (χ1n) is 10.8. The number of amides is 1. The normalized spacial score (nSPS) is 18.3. The maximum atomic E-state index is 13.7. The predicted molar refractivity (Wildman–Crippen MR) is 132 cm³/mol. The average molecular weight is 492 g/mol. The van der Waals surface area contributed by atoms with Gasteiger partial charge in [0.1, 0.15) is 12.5 Å². The lowest BCUT2D eigenvalue weighted by Gasteiger charge is -2.29. The summed E-state index contributed by atoms with van der Waals surface area (Å²) in [5.41, 5.74) is 2.70. The molecule has 6 nitrogen and oxygen atoms in total. The molecule has 0 unspecified atom stereocenters. The Kier molecular flexibility index (Phi) is 8.83. The van der Waals surface area contributed by atoms with Crippen molar-refractivity contribution < 1.29 is 9.18 Å². The van der Waals surface area contributed by atoms with Crippen LogP contribution in [0.5, 0.6) is 0 Å². The molecule has 0 saturated heterocycles. The molecule has 1 aliphatic rings. The summed E-state index contributed by atoms with van der Waals surface area (Å²) in [6.45, 7) is 4.50. The van der Waals surface area contributed by atoms with Crippen LogP contribution in [0.2, 0.25) is 10.0 Å². The molecule has 9 heteroatoms. The zero-order chi connectivity index (χ0) is 24.0. The lowest BCUT2D eigenvalue weighted by atomic mass is 9.91. The number of hydrogen-bond donors (Lipinski definition) is 2. The van der Waals surface area contributed by atoms with Gasteiger partial charge in [0.15, 0.2) is 0 Å². The van der Waals surface area contributed by atoms with Crippen molar-refractivity contribution in [1.82, 2.24) is 15.5 Å². The first-order chi connectivity index (χ1) is 15.8. The molecule has 1 saturated carbocycles. The van der Waals surface area contributed by atoms with Gasteiger partial charge < -0.3 is 10.2 Å². The highest BCUT2D eigenvalue weighted by Gasteiger charge is 2.23. The molecule has 3 rings (SSSR count). The number of carbonyl (C=O) groups excluding carboxylic acids is 1. The Morgan fingerprint density at radius 1 is 1.09 bits per heavy atom. The largest absolute Gasteiger partial charge is 0.378 e. The van der Waals surface area contributed by atoms with Gasteiger partial charge in [-0.1, -0.05) is 48.0 Å². The Bertz CT molecular complexity index is 1040. The van der Waals surface area contributed by atoms with E-state index in [2.05, 4.69) is 27.4 Å². The number of nitrogens with one attached hydrogen (secondary N) is 2. The molecule has 2 N–H and O–H groups in total. The second-order valence-corrected chi connectivity index (χ2v) is 9.04. The Morgan fingerprint density at radius 2 is 1.76 bits per heavy atom. The summed E-state index contributed by atoms with van der Waals surface area (Å²) in [5, 5.41) is 15.0. The monoisotopic (exact) mass is 491 g/mol. The van der Waals surface area contributed by atoms with Crippen LogP contribution in [0.4, 0.5) is 10.1 Å². The Balaban J connectivity index is 1.46. The van der Waals surface area contributed by atoms with Gasteiger partial charge in [0.05, 0.1) is 21.3 Å². The quantitative estimate of drug-likeness (QED) is 0.349. The number of hydrogen-bond acceptors (Lipinski definition) is 5. The number of benzene rings is 2. The lowest BCUT2D eigenvalue weighted by Crippen LogP contribution is -2.42. The van der Waals surface area contributed by atoms with Gasteiger partial charge in [0, 0.05) is 37.4 Å². The minimum Gasteiger partial charge on any atom is -0.378 e. The minimum atomic E-state index is -0.665. The Hall–Kier alpha value is -2.48. The van der Waals surface area contributed by atoms with Gasteiger partial charge in [-0.25, -0.2) is 4.39 Å². The molecule has 0 atom stereocenters. The van der Waals surface area contributed by atoms with E-state index in [4.69, 9.17) is 23.2 Å². The summed E-state index contributed by atoms with van der Waals surface area (Å²) < 4.78 is 13.7. The molecule has 0 spiro atoms. The Morgan fingerprint density at radius 3 is 2.45 bits per heavy atom. The minimum absolute atomic E-state index is 0.0101. The van der Waals surface area contributed by atoms with Crippen molar-refractivity contribution in [1.29, 1.82) is 0 Å². The SMILES string of the molecule is C=C(c1ccccc1N=NCNC1CCC(NC(=O)c2cc(F)c(Cl)cc2Cl)CC1)N(C)C. The van der Waals surface area contributed by atoms with E-state index in [1.807, 2.05) is 43.3 Å². The summed E-state index contributed by atoms with van der Waals surface area (Å²) in [7, 11) is 3.89. The first-order valence-corrected chi connectivity index (χ1v) is 11.5. The van der Waals surface area contributed by atoms with E-state index in [9.17, 15) is 9.18 Å². The number of nitrogens with zero attached hydrogens (tertiary/aromatic N) is 3. The van der Waals surface area contributed by atoms with Crippen LogP contribution in [0.15, 0.2) is 53.2 Å². The average Bonchev–Trinajstić information content (AvgIpc) is 2.79. The second kappa shape index (κ2) is 11.6. The van der Waals surface area contributed by atoms with Crippen LogP contribution in [0.1, 0.15) is 41.6 Å². The smallest absolute Gasteiger partial charge is 0.253 e. The van der Waals surface area contributed by atoms with Crippen molar-refractivity contribution in [3.63, 3.8) is 0 Å². The van der Waals surface area contributed by atoms with Crippen molar-refractivity contribution in [2.45, 2.75) is 37.8 Å². The van der Waals surface area contributed by atoms with Gasteiger partial charge in [0.2, 0.25) is 0 Å². The van der Waals surface area contributed by atoms with E-state index in [0.29, 0.717) is 12.7 Å². The number of halogens is 3. The van der Waals surface area contributed by atoms with Gasteiger partial charge in [-0.05, 0) is 43.9 Å². The van der Waals surface area contributed by atoms with E-state index < -0.39 is 11.7 Å². The van der Waals surface area contributed by atoms with Crippen LogP contribution >= 0.6 is 23.2 Å². The van der Waals surface area contributed by atoms with Gasteiger partial charge in [-0.15, -0.1) is 0 Å². The van der Waals surface area contributed by atoms with E-state index in [1.54, 1.807) is 0 Å². The van der Waals surface area contributed by atoms with Crippen LogP contribution in [-0.4, -0.2) is 43.7 Å². The molecular formula is C24H28Cl2FN5O. The van der Waals surface area contributed by atoms with Crippen molar-refractivity contribution in [3.8, 4) is 0 Å². The van der Waals surface area contributed by atoms with Crippen LogP contribution in [0.25, 0.3) is 5.70 Å². The summed E-state index contributed by atoms with van der Waals surface area (Å²) in [6.07, 6.45) is 3.38. The van der Waals surface area contributed by atoms with Gasteiger partial charge in [-0.3, -0.25) is 10.1 Å². The van der Waals surface area contributed by atoms with Crippen LogP contribution in [0.3, 0.4) is 0 Å². The first kappa shape index (κ1) is 25.1. The molecule has 0 aliphatic heterocycles. The standard InChI is InChI=1S/C24H28Cl2FN5O/c1-15(32(2)3)18-6-4-5-7-23(18)31-29-14-28-16-8-10-17(11-9-16)30-24(33)19-12-22(27)21(26)13-20(19)25/h4-7,12-13,16-17,28H,1,8-11,14H2,2-3H3,(H,30,33). The third-order valence-corrected chi connectivity index (χ3v) is 6.30. The fourth-order valence-corrected chi connectivity index (χ4v) is 4.20. The molecule has 2 aromatic carbocycles. The zero-order valence-electron chi connectivity index (χ0n) is 18.7. The zero-order valence-corrected chi connectivity index (χ0v) is 20.3. The van der Waals surface area contributed by atoms with E-state index in [1.165, 1.54) is 6.07 Å². The number of carbonyl (C=O) groups is 1. The molecule has 2 aromatic rings. The summed E-state index contributed by atoms with van der Waals surface area (Å²) in [5.74, 6) is -1.05. The molecule has 0 bridgehead atoms. The Labute approximate surface area is 203 Å². The maximum Gasteiger partial charge on any atom is 0.253 e. The van der Waals surface area contributed by atoms with Gasteiger partial charge in [-0.2, -0.15) is 10.2 Å². The third-order valence-electron chi connectivity index (χ3n) is 5.70. The van der Waals surface area contributed by atoms with Crippen molar-refractivity contribution in [3.05, 3.63) is 70.0 Å². The second-order valence-electron chi connectivity index (χ2n) is 8.23. The van der Waals surface area contributed by atoms with Crippen molar-refractivity contribution in [2.75, 3.05) is 20.8 Å². The number of azo groups is 1. The molecule has 0 radical (unpaired) electrons. The topological polar surface area (TPSA) is 69.1 Å². The van der Waals surface area contributed by atoms with Crippen LogP contribution < -0.4 is 10.6 Å². The summed E-state index contributed by atoms with van der Waals surface area (Å²) in [6, 6.07) is 10.4. The van der Waals surface area contributed by atoms with E-state index in [-0.39, 0.29) is 21.7 Å². The molecule has 176 valence electrons. The molecule has 0 aromatic heterocycles. The van der Waals surface area contributed by atoms with Crippen LogP contribution in [0, 0.1) is 5.82 Å². The highest BCUT2D eigenvalue weighted by molar-refractivity contribution is 6.36. The molecule has 1 aliphatic carbocycles. The molecule has 33 heavy (non-hydrogen) atoms. The summed E-state index contributed by atoms with van der Waals surface area (Å²) >= 11 is 11.7. The molecule has 1 amide bonds. The predicted octanol–water partition coefficient (Wildman–Crippen LogP) is 6.04. The molecule has 1 fully saturated rings. The van der Waals surface area contributed by atoms with Gasteiger partial charge >= 0.3 is 0 Å². The lowest BCUT2D eigenvalue weighted by molar-refractivity contribution is 0.0924. The maximum absolute atomic E-state index is 13.7. The van der Waals surface area contributed by atoms with E-state index >= 15 is 0 Å². The number of rotatable bonds is 8. The van der Waals surface area contributed by atoms with Crippen molar-refractivity contribution >= 4 is 40.5 Å². The van der Waals surface area contributed by atoms with Crippen molar-refractivity contribution in [2.24, 2.45) is 10.2 Å². The molecule has 0 heterocycles. The summed E-state index contributed by atoms with van der Waals surface area (Å²) in [4.78, 5) is 14.4.